The van der Waals surface area contributed by atoms with Gasteiger partial charge in [0.1, 0.15) is 64.4 Å². The summed E-state index contributed by atoms with van der Waals surface area (Å²) in [4.78, 5) is 108. The van der Waals surface area contributed by atoms with E-state index in [0.29, 0.717) is 98.4 Å². The number of piperidine rings is 2. The average molecular weight is 1720 g/mol. The SMILES string of the molecule is CN1CCC(NC(=O)c2sc3ncc(C#N)c4c3c2NC(=O)N4c2c(Cl)ccc3c2OCO3)CC1.Cc1nc2sc(C(=O)Nc3ccc(CN4CCOCC4)cc3)c3c2c(c1C#N)N(c1c(Cl)ccc2c1OCO2)C(=O)N3.N#Cc1cnc2sc(C(=O)Nc3ccc(CCN4CCCCC4)cc3)c3c2c1N(c1c(Cl)ccc2c1OCO2)C(=O)N3. The molecule has 0 spiro atoms. The van der Waals surface area contributed by atoms with Gasteiger partial charge in [0.05, 0.1) is 101 Å². The molecule has 0 radical (unpaired) electrons. The lowest BCUT2D eigenvalue weighted by molar-refractivity contribution is 0.0342. The van der Waals surface area contributed by atoms with E-state index in [4.69, 9.17) is 68.0 Å². The highest BCUT2D eigenvalue weighted by atomic mass is 35.5. The van der Waals surface area contributed by atoms with Gasteiger partial charge in [-0.25, -0.2) is 29.3 Å². The number of thiophene rings is 3. The number of morpholine rings is 1. The molecule has 37 heteroatoms. The number of rotatable bonds is 14. The topological polar surface area (TPSA) is 369 Å². The number of carbonyl (C=O) groups is 6. The molecular weight excluding hydrogens is 1650 g/mol. The highest BCUT2D eigenvalue weighted by Crippen LogP contribution is 2.58. The lowest BCUT2D eigenvalue weighted by Gasteiger charge is -2.31. The Hall–Kier alpha value is -12.4. The minimum Gasteiger partial charge on any atom is -0.454 e. The summed E-state index contributed by atoms with van der Waals surface area (Å²) >= 11 is 23.1. The van der Waals surface area contributed by atoms with Crippen LogP contribution in [0.15, 0.2) is 97.3 Å². The first-order valence-electron chi connectivity index (χ1n) is 37.9. The molecule has 9 aliphatic rings. The fourth-order valence-electron chi connectivity index (χ4n) is 15.7. The van der Waals surface area contributed by atoms with E-state index in [1.165, 1.54) is 63.3 Å². The molecule has 31 nitrogen and oxygen atoms in total. The van der Waals surface area contributed by atoms with Crippen LogP contribution in [-0.2, 0) is 17.7 Å². The number of nitriles is 3. The molecule has 0 unspecified atom stereocenters. The largest absolute Gasteiger partial charge is 0.454 e. The average Bonchev–Trinajstić information content (AvgIpc) is 1.59. The second-order valence-corrected chi connectivity index (χ2v) is 33.1. The van der Waals surface area contributed by atoms with Crippen LogP contribution < -0.4 is 75.0 Å². The highest BCUT2D eigenvalue weighted by Gasteiger charge is 2.44. The molecule has 0 aliphatic carbocycles. The monoisotopic (exact) mass is 1710 g/mol. The van der Waals surface area contributed by atoms with Crippen molar-refractivity contribution in [3.05, 3.63) is 161 Å². The number of likely N-dealkylation sites (tertiary alicyclic amines) is 2. The van der Waals surface area contributed by atoms with Gasteiger partial charge in [-0.1, -0.05) is 65.5 Å². The second kappa shape index (κ2) is 32.5. The van der Waals surface area contributed by atoms with E-state index in [1.54, 1.807) is 43.3 Å². The number of aromatic nitrogens is 3. The fraction of sp³-hybridized carbons (Fsp3) is 0.268. The van der Waals surface area contributed by atoms with Gasteiger partial charge in [0.15, 0.2) is 34.5 Å². The first-order valence-corrected chi connectivity index (χ1v) is 41.5. The van der Waals surface area contributed by atoms with E-state index in [1.807, 2.05) is 48.5 Å². The standard InChI is InChI=1S/C30H25ClN6O4S.C29H23ClN6O5S.C23H19ClN6O4S/c31-20-8-9-21-26(41-16-40-21)25(20)37-24-18(14-32)15-33-29-22(24)23(35-30(37)39)27(42-29)28(38)34-19-6-4-17(5-7-19)10-13-36-11-2-1-3-12-36;1-15-18(12-31)23-21-22(34-29(38)36(23)24-19(30)6-7-20-25(24)41-14-40-20)26(42-28(21)32-15)27(37)33-17-4-2-16(3-5-17)13-35-8-10-39-11-9-35;1-29-6-4-12(5-7-29)27-21(31)20-16-15-17(11(8-25)9-26-22(15)35-20)30(23(32)28-16)18-13(24)2-3-14-19(18)34-10-33-14/h4-9,15H,1-3,10-13,16H2,(H,34,38)(H,35,39);2-7H,8-11,13-14H2,1H3,(H,33,37)(H,34,38);2-3,9,12H,4-7,10H2,1H3,(H,27,31)(H,28,32). The smallest absolute Gasteiger partial charge is 0.331 e. The van der Waals surface area contributed by atoms with Crippen LogP contribution in [0.3, 0.4) is 0 Å². The predicted octanol–water partition coefficient (Wildman–Crippen LogP) is 16.2. The van der Waals surface area contributed by atoms with Crippen molar-refractivity contribution < 1.29 is 61.9 Å². The van der Waals surface area contributed by atoms with Crippen LogP contribution in [-0.4, -0.2) is 158 Å². The van der Waals surface area contributed by atoms with Gasteiger partial charge in [-0.2, -0.15) is 15.8 Å². The molecule has 3 fully saturated rings. The summed E-state index contributed by atoms with van der Waals surface area (Å²) in [6.45, 7) is 10.8. The number of halogens is 3. The zero-order valence-corrected chi connectivity index (χ0v) is 68.0. The molecule has 602 valence electrons. The summed E-state index contributed by atoms with van der Waals surface area (Å²) in [6.07, 6.45) is 9.30. The fourth-order valence-corrected chi connectivity index (χ4v) is 19.5. The summed E-state index contributed by atoms with van der Waals surface area (Å²) in [5.41, 5.74) is 7.07. The maximum Gasteiger partial charge on any atom is 0.331 e. The van der Waals surface area contributed by atoms with Crippen LogP contribution in [0.2, 0.25) is 15.1 Å². The Morgan fingerprint density at radius 3 is 1.41 bits per heavy atom. The van der Waals surface area contributed by atoms with Crippen molar-refractivity contribution in [2.24, 2.45) is 0 Å². The van der Waals surface area contributed by atoms with Crippen LogP contribution >= 0.6 is 68.8 Å². The van der Waals surface area contributed by atoms with Gasteiger partial charge in [-0.15, -0.1) is 34.0 Å². The number of hydrogen-bond donors (Lipinski definition) is 6. The van der Waals surface area contributed by atoms with Crippen molar-refractivity contribution in [3.63, 3.8) is 0 Å². The Kier molecular flexibility index (Phi) is 21.3. The summed E-state index contributed by atoms with van der Waals surface area (Å²) < 4.78 is 38.8. The number of amides is 9. The Bertz CT molecular complexity index is 6210. The number of carbonyl (C=O) groups excluding carboxylic acids is 6. The molecule has 5 aromatic carbocycles. The van der Waals surface area contributed by atoms with E-state index >= 15 is 0 Å². The van der Waals surface area contributed by atoms with Gasteiger partial charge in [-0.3, -0.25) is 34.0 Å². The molecule has 0 bridgehead atoms. The van der Waals surface area contributed by atoms with Gasteiger partial charge in [0.2, 0.25) is 20.4 Å². The van der Waals surface area contributed by atoms with Gasteiger partial charge in [0.25, 0.3) is 17.7 Å². The number of ether oxygens (including phenoxy) is 7. The quantitative estimate of drug-likeness (QED) is 0.0589. The first-order chi connectivity index (χ1) is 57.9. The maximum atomic E-state index is 13.8. The zero-order chi connectivity index (χ0) is 82.0. The van der Waals surface area contributed by atoms with Crippen LogP contribution in [0.4, 0.5) is 76.9 Å². The van der Waals surface area contributed by atoms with Crippen molar-refractivity contribution in [1.82, 2.24) is 35.0 Å². The van der Waals surface area contributed by atoms with Gasteiger partial charge in [0, 0.05) is 56.0 Å². The molecule has 9 aliphatic heterocycles. The molecule has 9 amide bonds. The second-order valence-electron chi connectivity index (χ2n) is 28.8. The molecule has 0 atom stereocenters. The highest BCUT2D eigenvalue weighted by molar-refractivity contribution is 7.22. The first kappa shape index (κ1) is 77.8. The van der Waals surface area contributed by atoms with Crippen molar-refractivity contribution >= 4 is 198 Å². The number of nitrogens with zero attached hydrogens (tertiary/aromatic N) is 12. The normalized spacial score (nSPS) is 16.4. The summed E-state index contributed by atoms with van der Waals surface area (Å²) in [7, 11) is 2.06. The third kappa shape index (κ3) is 14.5. The molecular formula is C82H67Cl3N18O13S3. The number of fused-ring (bicyclic) bond motifs is 3. The van der Waals surface area contributed by atoms with Gasteiger partial charge in [-0.05, 0) is 144 Å². The van der Waals surface area contributed by atoms with Gasteiger partial charge >= 0.3 is 18.1 Å². The third-order valence-electron chi connectivity index (χ3n) is 21.5. The van der Waals surface area contributed by atoms with Crippen molar-refractivity contribution in [2.75, 3.05) is 128 Å². The number of urea groups is 3. The number of nitrogens with one attached hydrogen (secondary N) is 6. The number of pyridine rings is 3. The Labute approximate surface area is 704 Å². The van der Waals surface area contributed by atoms with E-state index in [0.717, 1.165) is 113 Å². The summed E-state index contributed by atoms with van der Waals surface area (Å²) in [5, 5.41) is 49.7. The predicted molar refractivity (Wildman–Crippen MR) is 451 cm³/mol. The van der Waals surface area contributed by atoms with Gasteiger partial charge < -0.3 is 74.9 Å². The molecule has 11 aromatic rings. The molecule has 15 heterocycles. The molecule has 20 rings (SSSR count). The van der Waals surface area contributed by atoms with Crippen molar-refractivity contribution in [2.45, 2.75) is 58.0 Å². The van der Waals surface area contributed by atoms with E-state index < -0.39 is 24.0 Å². The van der Waals surface area contributed by atoms with E-state index in [-0.39, 0.29) is 120 Å². The summed E-state index contributed by atoms with van der Waals surface area (Å²) in [5.74, 6) is 1.12. The maximum absolute atomic E-state index is 13.8. The zero-order valence-electron chi connectivity index (χ0n) is 63.3. The third-order valence-corrected chi connectivity index (χ3v) is 25.7. The van der Waals surface area contributed by atoms with E-state index in [2.05, 4.69) is 86.8 Å². The molecule has 0 saturated carbocycles. The Morgan fingerprint density at radius 2 is 0.950 bits per heavy atom. The van der Waals surface area contributed by atoms with Crippen molar-refractivity contribution in [3.8, 4) is 52.7 Å². The Morgan fingerprint density at radius 1 is 0.513 bits per heavy atom. The summed E-state index contributed by atoms with van der Waals surface area (Å²) in [6, 6.07) is 30.0. The number of hydrogen-bond acceptors (Lipinski definition) is 25. The lowest BCUT2D eigenvalue weighted by Crippen LogP contribution is -2.43. The Balaban J connectivity index is 0.000000123. The van der Waals surface area contributed by atoms with Crippen LogP contribution in [0, 0.1) is 40.9 Å². The minimum absolute atomic E-state index is 0.0139. The molecule has 3 saturated heterocycles. The number of benzene rings is 5. The molecule has 119 heavy (non-hydrogen) atoms. The minimum atomic E-state index is -0.600. The number of aryl methyl sites for hydroxylation is 1. The van der Waals surface area contributed by atoms with Crippen LogP contribution in [0.5, 0.6) is 34.5 Å². The van der Waals surface area contributed by atoms with Crippen LogP contribution in [0.25, 0.3) is 30.6 Å². The molecule has 6 N–H and O–H groups in total. The van der Waals surface area contributed by atoms with E-state index in [9.17, 15) is 44.6 Å². The van der Waals surface area contributed by atoms with Crippen LogP contribution in [0.1, 0.15) is 94.6 Å². The number of anilines is 11. The lowest BCUT2D eigenvalue weighted by atomic mass is 10.0. The van der Waals surface area contributed by atoms with Crippen molar-refractivity contribution in [1.29, 1.82) is 15.8 Å². The molecule has 6 aromatic heterocycles.